The van der Waals surface area contributed by atoms with E-state index in [4.69, 9.17) is 0 Å². The molecular weight excluding hydrogens is 360 g/mol. The monoisotopic (exact) mass is 378 g/mol. The van der Waals surface area contributed by atoms with E-state index in [2.05, 4.69) is 15.5 Å². The lowest BCUT2D eigenvalue weighted by Gasteiger charge is -2.07. The Bertz CT molecular complexity index is 1200. The fourth-order valence-corrected chi connectivity index (χ4v) is 3.31. The Kier molecular flexibility index (Phi) is 4.31. The Hall–Kier alpha value is -3.68. The zero-order chi connectivity index (χ0) is 19.8. The van der Waals surface area contributed by atoms with Crippen LogP contribution in [-0.2, 0) is 13.0 Å². The van der Waals surface area contributed by atoms with Gasteiger partial charge in [0.25, 0.3) is 11.5 Å². The predicted molar refractivity (Wildman–Crippen MR) is 104 cm³/mol. The smallest absolute Gasteiger partial charge is 0.271 e. The number of phenolic OH excluding ortho intramolecular Hbond substituents is 2. The van der Waals surface area contributed by atoms with Crippen LogP contribution in [0.3, 0.4) is 0 Å². The maximum Gasteiger partial charge on any atom is 0.271 e. The molecule has 2 aromatic carbocycles. The van der Waals surface area contributed by atoms with Crippen molar-refractivity contribution in [3.05, 3.63) is 63.7 Å². The molecule has 1 amide bonds. The molecule has 1 aromatic heterocycles. The van der Waals surface area contributed by atoms with Crippen LogP contribution in [0.5, 0.6) is 11.5 Å². The lowest BCUT2D eigenvalue weighted by atomic mass is 10.1. The number of rotatable bonds is 3. The number of aromatic hydroxyl groups is 2. The van der Waals surface area contributed by atoms with Gasteiger partial charge in [-0.1, -0.05) is 0 Å². The Morgan fingerprint density at radius 2 is 2.04 bits per heavy atom. The number of phenols is 2. The third-order valence-corrected chi connectivity index (χ3v) is 4.77. The van der Waals surface area contributed by atoms with Crippen LogP contribution in [0.1, 0.15) is 35.1 Å². The van der Waals surface area contributed by atoms with Gasteiger partial charge in [0.2, 0.25) is 0 Å². The Balaban J connectivity index is 1.60. The van der Waals surface area contributed by atoms with Crippen LogP contribution < -0.4 is 11.0 Å². The second-order valence-electron chi connectivity index (χ2n) is 6.66. The van der Waals surface area contributed by atoms with Crippen molar-refractivity contribution in [1.82, 2.24) is 15.0 Å². The highest BCUT2D eigenvalue weighted by Gasteiger charge is 2.17. The van der Waals surface area contributed by atoms with Crippen molar-refractivity contribution < 1.29 is 15.0 Å². The molecule has 3 N–H and O–H groups in total. The molecule has 0 aliphatic carbocycles. The zero-order valence-corrected chi connectivity index (χ0v) is 15.1. The molecular formula is C20H18N4O4. The number of amides is 1. The maximum absolute atomic E-state index is 12.5. The molecule has 28 heavy (non-hydrogen) atoms. The molecule has 0 radical (unpaired) electrons. The summed E-state index contributed by atoms with van der Waals surface area (Å²) in [6.07, 6.45) is 1.64. The van der Waals surface area contributed by atoms with Gasteiger partial charge in [-0.25, -0.2) is 10.4 Å². The molecule has 8 heteroatoms. The highest BCUT2D eigenvalue weighted by Crippen LogP contribution is 2.23. The van der Waals surface area contributed by atoms with Crippen molar-refractivity contribution in [3.8, 4) is 11.5 Å². The molecule has 0 bridgehead atoms. The number of carbonyl (C=O) groups is 1. The third-order valence-electron chi connectivity index (χ3n) is 4.77. The minimum atomic E-state index is -0.457. The van der Waals surface area contributed by atoms with Gasteiger partial charge in [0.05, 0.1) is 16.6 Å². The number of carbonyl (C=O) groups excluding carboxylic acids is 1. The molecule has 1 aliphatic rings. The van der Waals surface area contributed by atoms with Gasteiger partial charge < -0.3 is 10.2 Å². The standard InChI is InChI=1S/C20H18N4O4/c1-11(14-7-5-13(25)10-17(14)26)22-23-19(27)12-4-6-15-16(9-12)21-18-3-2-8-24(18)20(15)28/h4-7,9-10,25-26H,2-3,8H2,1H3,(H,23,27)/b22-11+. The van der Waals surface area contributed by atoms with E-state index in [9.17, 15) is 19.8 Å². The van der Waals surface area contributed by atoms with E-state index in [1.165, 1.54) is 18.2 Å². The van der Waals surface area contributed by atoms with Crippen molar-refractivity contribution in [2.75, 3.05) is 0 Å². The molecule has 0 unspecified atom stereocenters. The van der Waals surface area contributed by atoms with E-state index >= 15 is 0 Å². The maximum atomic E-state index is 12.5. The second-order valence-corrected chi connectivity index (χ2v) is 6.66. The summed E-state index contributed by atoms with van der Waals surface area (Å²) in [4.78, 5) is 29.5. The first-order valence-electron chi connectivity index (χ1n) is 8.84. The second kappa shape index (κ2) is 6.80. The van der Waals surface area contributed by atoms with Gasteiger partial charge in [-0.2, -0.15) is 5.10 Å². The summed E-state index contributed by atoms with van der Waals surface area (Å²) < 4.78 is 1.68. The summed E-state index contributed by atoms with van der Waals surface area (Å²) in [5.74, 6) is 0.0810. The fraction of sp³-hybridized carbons (Fsp3) is 0.200. The SMILES string of the molecule is C/C(=N\NC(=O)c1ccc2c(=O)n3c(nc2c1)CCC3)c1ccc(O)cc1O. The molecule has 0 saturated heterocycles. The average molecular weight is 378 g/mol. The summed E-state index contributed by atoms with van der Waals surface area (Å²) in [5.41, 5.74) is 3.94. The van der Waals surface area contributed by atoms with Gasteiger partial charge in [-0.15, -0.1) is 0 Å². The Morgan fingerprint density at radius 3 is 2.82 bits per heavy atom. The first-order valence-corrected chi connectivity index (χ1v) is 8.84. The quantitative estimate of drug-likeness (QED) is 0.475. The zero-order valence-electron chi connectivity index (χ0n) is 15.1. The largest absolute Gasteiger partial charge is 0.508 e. The number of nitrogens with zero attached hydrogens (tertiary/aromatic N) is 3. The molecule has 2 heterocycles. The van der Waals surface area contributed by atoms with E-state index in [1.807, 2.05) is 0 Å². The van der Waals surface area contributed by atoms with Crippen LogP contribution >= 0.6 is 0 Å². The highest BCUT2D eigenvalue weighted by molar-refractivity contribution is 6.03. The number of benzene rings is 2. The van der Waals surface area contributed by atoms with Crippen LogP contribution in [0, 0.1) is 0 Å². The van der Waals surface area contributed by atoms with Gasteiger partial charge in [0.1, 0.15) is 17.3 Å². The lowest BCUT2D eigenvalue weighted by molar-refractivity contribution is 0.0955. The van der Waals surface area contributed by atoms with Crippen molar-refractivity contribution in [3.63, 3.8) is 0 Å². The van der Waals surface area contributed by atoms with Gasteiger partial charge in [0.15, 0.2) is 0 Å². The van der Waals surface area contributed by atoms with E-state index in [-0.39, 0.29) is 17.1 Å². The molecule has 4 rings (SSSR count). The topological polar surface area (TPSA) is 117 Å². The van der Waals surface area contributed by atoms with Gasteiger partial charge in [0, 0.05) is 30.2 Å². The first kappa shape index (κ1) is 17.7. The van der Waals surface area contributed by atoms with Crippen molar-refractivity contribution in [2.24, 2.45) is 5.10 Å². The van der Waals surface area contributed by atoms with E-state index in [0.717, 1.165) is 18.7 Å². The number of hydrazone groups is 1. The van der Waals surface area contributed by atoms with Crippen LogP contribution in [0.4, 0.5) is 0 Å². The van der Waals surface area contributed by atoms with Crippen molar-refractivity contribution in [2.45, 2.75) is 26.3 Å². The fourth-order valence-electron chi connectivity index (χ4n) is 3.31. The summed E-state index contributed by atoms with van der Waals surface area (Å²) in [6.45, 7) is 2.30. The van der Waals surface area contributed by atoms with Crippen LogP contribution in [0.25, 0.3) is 10.9 Å². The van der Waals surface area contributed by atoms with E-state index in [0.29, 0.717) is 34.3 Å². The number of aromatic nitrogens is 2. The van der Waals surface area contributed by atoms with E-state index < -0.39 is 5.91 Å². The minimum Gasteiger partial charge on any atom is -0.508 e. The number of nitrogens with one attached hydrogen (secondary N) is 1. The number of fused-ring (bicyclic) bond motifs is 2. The molecule has 0 saturated carbocycles. The van der Waals surface area contributed by atoms with Gasteiger partial charge in [-0.05, 0) is 43.7 Å². The van der Waals surface area contributed by atoms with Crippen LogP contribution in [0.2, 0.25) is 0 Å². The Labute approximate surface area is 159 Å². The van der Waals surface area contributed by atoms with Crippen LogP contribution in [0.15, 0.2) is 46.3 Å². The highest BCUT2D eigenvalue weighted by atomic mass is 16.3. The molecule has 0 spiro atoms. The summed E-state index contributed by atoms with van der Waals surface area (Å²) >= 11 is 0. The number of hydrogen-bond donors (Lipinski definition) is 3. The lowest BCUT2D eigenvalue weighted by Crippen LogP contribution is -2.22. The minimum absolute atomic E-state index is 0.0656. The first-order chi connectivity index (χ1) is 13.4. The molecule has 0 atom stereocenters. The molecule has 0 fully saturated rings. The van der Waals surface area contributed by atoms with Crippen molar-refractivity contribution in [1.29, 1.82) is 0 Å². The Morgan fingerprint density at radius 1 is 1.21 bits per heavy atom. The van der Waals surface area contributed by atoms with Crippen molar-refractivity contribution >= 4 is 22.5 Å². The summed E-state index contributed by atoms with van der Waals surface area (Å²) in [6, 6.07) is 8.86. The van der Waals surface area contributed by atoms with E-state index in [1.54, 1.807) is 29.7 Å². The number of hydrogen-bond acceptors (Lipinski definition) is 6. The predicted octanol–water partition coefficient (Wildman–Crippen LogP) is 1.91. The summed E-state index contributed by atoms with van der Waals surface area (Å²) in [5, 5.41) is 23.7. The summed E-state index contributed by atoms with van der Waals surface area (Å²) in [7, 11) is 0. The average Bonchev–Trinajstić information content (AvgIpc) is 3.14. The third kappa shape index (κ3) is 3.09. The molecule has 1 aliphatic heterocycles. The molecule has 8 nitrogen and oxygen atoms in total. The molecule has 142 valence electrons. The number of aryl methyl sites for hydroxylation is 1. The molecule has 3 aromatic rings. The normalized spacial score (nSPS) is 13.5. The van der Waals surface area contributed by atoms with Gasteiger partial charge >= 0.3 is 0 Å². The van der Waals surface area contributed by atoms with Crippen LogP contribution in [-0.4, -0.2) is 31.4 Å². The van der Waals surface area contributed by atoms with Gasteiger partial charge in [-0.3, -0.25) is 14.2 Å².